The van der Waals surface area contributed by atoms with E-state index in [4.69, 9.17) is 14.2 Å². The number of aryl methyl sites for hydroxylation is 2. The number of hydrogen-bond acceptors (Lipinski definition) is 6. The molecule has 0 radical (unpaired) electrons. The maximum absolute atomic E-state index is 13.5. The summed E-state index contributed by atoms with van der Waals surface area (Å²) in [5.41, 5.74) is 3.60. The van der Waals surface area contributed by atoms with Gasteiger partial charge in [-0.1, -0.05) is 5.16 Å². The van der Waals surface area contributed by atoms with Gasteiger partial charge in [-0.2, -0.15) is 0 Å². The van der Waals surface area contributed by atoms with E-state index in [9.17, 15) is 4.79 Å². The molecule has 0 aromatic carbocycles. The third kappa shape index (κ3) is 4.00. The van der Waals surface area contributed by atoms with Gasteiger partial charge >= 0.3 is 0 Å². The number of piperidine rings is 1. The summed E-state index contributed by atoms with van der Waals surface area (Å²) in [6.45, 7) is 6.62. The number of rotatable bonds is 4. The summed E-state index contributed by atoms with van der Waals surface area (Å²) >= 11 is 0. The number of aromatic nitrogens is 3. The van der Waals surface area contributed by atoms with Gasteiger partial charge < -0.3 is 14.2 Å². The fraction of sp³-hybridized carbons (Fsp3) is 0.652. The van der Waals surface area contributed by atoms with Crippen molar-refractivity contribution in [2.24, 2.45) is 5.92 Å². The van der Waals surface area contributed by atoms with Crippen molar-refractivity contribution in [1.29, 1.82) is 0 Å². The third-order valence-electron chi connectivity index (χ3n) is 6.80. The van der Waals surface area contributed by atoms with Crippen LogP contribution in [-0.2, 0) is 9.53 Å². The zero-order valence-electron chi connectivity index (χ0n) is 18.5. The maximum Gasteiger partial charge on any atom is 0.226 e. The van der Waals surface area contributed by atoms with Crippen molar-refractivity contribution in [1.82, 2.24) is 20.0 Å². The number of nitrogens with zero attached hydrogens (tertiary/aromatic N) is 4. The highest BCUT2D eigenvalue weighted by molar-refractivity contribution is 5.80. The zero-order valence-corrected chi connectivity index (χ0v) is 18.5. The molecule has 1 amide bonds. The van der Waals surface area contributed by atoms with E-state index in [-0.39, 0.29) is 17.9 Å². The first-order chi connectivity index (χ1) is 14.5. The maximum atomic E-state index is 13.5. The topological polar surface area (TPSA) is 81.4 Å². The van der Waals surface area contributed by atoms with E-state index in [1.165, 1.54) is 0 Å². The lowest BCUT2D eigenvalue weighted by Gasteiger charge is -2.39. The Morgan fingerprint density at radius 3 is 2.57 bits per heavy atom. The number of amides is 1. The van der Waals surface area contributed by atoms with Gasteiger partial charge in [-0.05, 0) is 65.7 Å². The number of ether oxygens (including phenoxy) is 1. The van der Waals surface area contributed by atoms with Gasteiger partial charge in [-0.15, -0.1) is 0 Å². The lowest BCUT2D eigenvalue weighted by Crippen LogP contribution is -2.43. The summed E-state index contributed by atoms with van der Waals surface area (Å²) in [7, 11) is 1.76. The van der Waals surface area contributed by atoms with Crippen LogP contribution < -0.4 is 0 Å². The number of hydrogen-bond donors (Lipinski definition) is 0. The van der Waals surface area contributed by atoms with Gasteiger partial charge in [0.25, 0.3) is 0 Å². The number of methoxy groups -OCH3 is 1. The molecular weight excluding hydrogens is 380 g/mol. The van der Waals surface area contributed by atoms with E-state index in [2.05, 4.69) is 15.0 Å². The van der Waals surface area contributed by atoms with Gasteiger partial charge in [0, 0.05) is 31.3 Å². The third-order valence-corrected chi connectivity index (χ3v) is 6.80. The van der Waals surface area contributed by atoms with Crippen LogP contribution >= 0.6 is 0 Å². The Morgan fingerprint density at radius 2 is 1.90 bits per heavy atom. The molecular formula is C23H32N4O3. The molecule has 2 aromatic rings. The van der Waals surface area contributed by atoms with Gasteiger partial charge in [-0.3, -0.25) is 4.79 Å². The Kier molecular flexibility index (Phi) is 6.18. The Bertz CT molecular complexity index is 902. The molecule has 7 nitrogen and oxygen atoms in total. The van der Waals surface area contributed by atoms with Crippen LogP contribution in [-0.4, -0.2) is 45.7 Å². The van der Waals surface area contributed by atoms with Crippen LogP contribution in [0.15, 0.2) is 10.7 Å². The fourth-order valence-corrected chi connectivity index (χ4v) is 4.84. The molecule has 1 saturated carbocycles. The Balaban J connectivity index is 1.66. The lowest BCUT2D eigenvalue weighted by molar-refractivity contribution is -0.141. The van der Waals surface area contributed by atoms with Gasteiger partial charge in [0.1, 0.15) is 5.82 Å². The van der Waals surface area contributed by atoms with E-state index in [0.717, 1.165) is 74.0 Å². The predicted octanol–water partition coefficient (Wildman–Crippen LogP) is 4.32. The number of carbonyl (C=O) groups excluding carboxylic acids is 1. The first-order valence-corrected chi connectivity index (χ1v) is 11.1. The molecule has 2 aromatic heterocycles. The number of likely N-dealkylation sites (tertiary alicyclic amines) is 1. The van der Waals surface area contributed by atoms with Crippen molar-refractivity contribution in [2.45, 2.75) is 77.9 Å². The molecule has 162 valence electrons. The summed E-state index contributed by atoms with van der Waals surface area (Å²) in [5.74, 6) is 1.77. The molecule has 1 aliphatic carbocycles. The second-order valence-corrected chi connectivity index (χ2v) is 8.69. The van der Waals surface area contributed by atoms with Crippen molar-refractivity contribution in [3.63, 3.8) is 0 Å². The normalized spacial score (nSPS) is 24.8. The van der Waals surface area contributed by atoms with Crippen molar-refractivity contribution < 1.29 is 14.1 Å². The molecule has 4 rings (SSSR count). The average Bonchev–Trinajstić information content (AvgIpc) is 3.11. The van der Waals surface area contributed by atoms with Crippen molar-refractivity contribution in [3.05, 3.63) is 29.0 Å². The molecule has 0 unspecified atom stereocenters. The summed E-state index contributed by atoms with van der Waals surface area (Å²) in [5, 5.41) is 4.12. The summed E-state index contributed by atoms with van der Waals surface area (Å²) < 4.78 is 11.1. The molecule has 2 fully saturated rings. The first kappa shape index (κ1) is 21.0. The molecule has 7 heteroatoms. The van der Waals surface area contributed by atoms with Crippen molar-refractivity contribution in [2.75, 3.05) is 13.7 Å². The SMILES string of the molecule is COC1CCC(C(=O)N2CCCC[C@H]2c2nc(C)ncc2-c2onc(C)c2C)CC1. The molecule has 1 saturated heterocycles. The molecule has 0 bridgehead atoms. The van der Waals surface area contributed by atoms with Crippen LogP contribution in [0.4, 0.5) is 0 Å². The van der Waals surface area contributed by atoms with Gasteiger partial charge in [0.2, 0.25) is 5.91 Å². The quantitative estimate of drug-likeness (QED) is 0.744. The van der Waals surface area contributed by atoms with Gasteiger partial charge in [-0.25, -0.2) is 9.97 Å². The second-order valence-electron chi connectivity index (χ2n) is 8.69. The lowest BCUT2D eigenvalue weighted by atomic mass is 9.85. The second kappa shape index (κ2) is 8.84. The molecule has 0 N–H and O–H groups in total. The van der Waals surface area contributed by atoms with Crippen LogP contribution in [0, 0.1) is 26.7 Å². The minimum Gasteiger partial charge on any atom is -0.381 e. The fourth-order valence-electron chi connectivity index (χ4n) is 4.84. The van der Waals surface area contributed by atoms with E-state index < -0.39 is 0 Å². The van der Waals surface area contributed by atoms with Crippen LogP contribution in [0.5, 0.6) is 0 Å². The summed E-state index contributed by atoms with van der Waals surface area (Å²) in [6, 6.07) is -0.0482. The van der Waals surface area contributed by atoms with Gasteiger partial charge in [0.05, 0.1) is 29.1 Å². The predicted molar refractivity (Wildman–Crippen MR) is 113 cm³/mol. The van der Waals surface area contributed by atoms with E-state index in [1.54, 1.807) is 7.11 Å². The Hall–Kier alpha value is -2.28. The minimum atomic E-state index is -0.0482. The van der Waals surface area contributed by atoms with Crippen molar-refractivity contribution in [3.8, 4) is 11.3 Å². The summed E-state index contributed by atoms with van der Waals surface area (Å²) in [6.07, 6.45) is 8.87. The zero-order chi connectivity index (χ0) is 21.3. The highest BCUT2D eigenvalue weighted by Gasteiger charge is 2.36. The van der Waals surface area contributed by atoms with E-state index in [1.807, 2.05) is 27.0 Å². The Morgan fingerprint density at radius 1 is 1.13 bits per heavy atom. The number of carbonyl (C=O) groups is 1. The Labute approximate surface area is 178 Å². The largest absolute Gasteiger partial charge is 0.381 e. The molecule has 0 spiro atoms. The average molecular weight is 413 g/mol. The first-order valence-electron chi connectivity index (χ1n) is 11.1. The molecule has 3 heterocycles. The highest BCUT2D eigenvalue weighted by Crippen LogP contribution is 2.39. The molecule has 1 aliphatic heterocycles. The van der Waals surface area contributed by atoms with Crippen LogP contribution in [0.25, 0.3) is 11.3 Å². The summed E-state index contributed by atoms with van der Waals surface area (Å²) in [4.78, 5) is 24.9. The molecule has 2 aliphatic rings. The van der Waals surface area contributed by atoms with Gasteiger partial charge in [0.15, 0.2) is 5.76 Å². The van der Waals surface area contributed by atoms with Crippen molar-refractivity contribution >= 4 is 5.91 Å². The highest BCUT2D eigenvalue weighted by atomic mass is 16.5. The molecule has 1 atom stereocenters. The monoisotopic (exact) mass is 412 g/mol. The van der Waals surface area contributed by atoms with Crippen LogP contribution in [0.1, 0.15) is 73.8 Å². The standard InChI is InChI=1S/C23H32N4O3/c1-14-15(2)26-30-22(14)19-13-24-16(3)25-21(19)20-7-5-6-12-27(20)23(28)17-8-10-18(29-4)11-9-17/h13,17-18,20H,5-12H2,1-4H3/t17?,18?,20-/m0/s1. The van der Waals surface area contributed by atoms with E-state index >= 15 is 0 Å². The van der Waals surface area contributed by atoms with E-state index in [0.29, 0.717) is 17.7 Å². The van der Waals surface area contributed by atoms with Crippen LogP contribution in [0.2, 0.25) is 0 Å². The molecule has 30 heavy (non-hydrogen) atoms. The van der Waals surface area contributed by atoms with Crippen LogP contribution in [0.3, 0.4) is 0 Å². The smallest absolute Gasteiger partial charge is 0.226 e. The minimum absolute atomic E-state index is 0.0482.